The van der Waals surface area contributed by atoms with Crippen LogP contribution in [0.25, 0.3) is 0 Å². The summed E-state index contributed by atoms with van der Waals surface area (Å²) >= 11 is 0. The summed E-state index contributed by atoms with van der Waals surface area (Å²) in [5.41, 5.74) is 0.200. The molecular weight excluding hydrogens is 322 g/mol. The first-order chi connectivity index (χ1) is 12.5. The maximum atomic E-state index is 12.9. The summed E-state index contributed by atoms with van der Waals surface area (Å²) in [6.45, 7) is 7.78. The molecule has 1 heterocycles. The second-order valence-electron chi connectivity index (χ2n) is 9.32. The number of fused-ring (bicyclic) bond motifs is 1. The van der Waals surface area contributed by atoms with Gasteiger partial charge in [0.1, 0.15) is 0 Å². The van der Waals surface area contributed by atoms with Gasteiger partial charge in [-0.1, -0.05) is 72.1 Å². The van der Waals surface area contributed by atoms with E-state index in [-0.39, 0.29) is 17.6 Å². The number of carbonyl (C=O) groups is 1. The topological polar surface area (TPSA) is 40.5 Å². The van der Waals surface area contributed by atoms with Gasteiger partial charge in [0.25, 0.3) is 0 Å². The van der Waals surface area contributed by atoms with Gasteiger partial charge in [-0.2, -0.15) is 0 Å². The normalized spacial score (nSPS) is 31.7. The zero-order valence-electron chi connectivity index (χ0n) is 17.6. The monoisotopic (exact) mass is 365 g/mol. The summed E-state index contributed by atoms with van der Waals surface area (Å²) in [5.74, 6) is 0.838. The lowest BCUT2D eigenvalue weighted by Gasteiger charge is -2.55. The number of aliphatic hydroxyl groups is 1. The van der Waals surface area contributed by atoms with Crippen molar-refractivity contribution in [1.82, 2.24) is 4.90 Å². The van der Waals surface area contributed by atoms with Crippen LogP contribution >= 0.6 is 0 Å². The Labute approximate surface area is 161 Å². The molecule has 2 unspecified atom stereocenters. The fraction of sp³-hybridized carbons (Fsp3) is 0.957. The zero-order valence-corrected chi connectivity index (χ0v) is 17.6. The van der Waals surface area contributed by atoms with Gasteiger partial charge in [-0.3, -0.25) is 4.79 Å². The van der Waals surface area contributed by atoms with Gasteiger partial charge in [0.15, 0.2) is 0 Å². The number of hydrogen-bond donors (Lipinski definition) is 1. The molecule has 2 aliphatic rings. The maximum Gasteiger partial charge on any atom is 0.222 e. The number of hydrogen-bond acceptors (Lipinski definition) is 2. The number of nitrogens with zero attached hydrogens (tertiary/aromatic N) is 1. The lowest BCUT2D eigenvalue weighted by molar-refractivity contribution is -0.148. The highest BCUT2D eigenvalue weighted by molar-refractivity contribution is 5.76. The molecule has 1 saturated heterocycles. The predicted octanol–water partition coefficient (Wildman–Crippen LogP) is 5.70. The Kier molecular flexibility index (Phi) is 8.93. The molecule has 1 N–H and O–H groups in total. The van der Waals surface area contributed by atoms with Gasteiger partial charge in [0.2, 0.25) is 5.91 Å². The Balaban J connectivity index is 1.70. The molecule has 2 rings (SSSR count). The summed E-state index contributed by atoms with van der Waals surface area (Å²) in [4.78, 5) is 15.0. The fourth-order valence-electron chi connectivity index (χ4n) is 5.34. The third kappa shape index (κ3) is 5.71. The van der Waals surface area contributed by atoms with Gasteiger partial charge >= 0.3 is 0 Å². The average Bonchev–Trinajstić information content (AvgIpc) is 2.61. The van der Waals surface area contributed by atoms with Crippen molar-refractivity contribution in [2.24, 2.45) is 11.3 Å². The van der Waals surface area contributed by atoms with Crippen LogP contribution in [0.3, 0.4) is 0 Å². The molecule has 0 bridgehead atoms. The van der Waals surface area contributed by atoms with E-state index in [1.807, 2.05) is 0 Å². The molecule has 3 heteroatoms. The molecule has 152 valence electrons. The van der Waals surface area contributed by atoms with Crippen molar-refractivity contribution in [3.63, 3.8) is 0 Å². The van der Waals surface area contributed by atoms with E-state index in [0.29, 0.717) is 18.2 Å². The van der Waals surface area contributed by atoms with Crippen LogP contribution in [0.2, 0.25) is 0 Å². The van der Waals surface area contributed by atoms with Crippen LogP contribution in [0.1, 0.15) is 111 Å². The number of carbonyl (C=O) groups excluding carboxylic acids is 1. The van der Waals surface area contributed by atoms with E-state index >= 15 is 0 Å². The molecule has 1 aliphatic heterocycles. The van der Waals surface area contributed by atoms with E-state index in [2.05, 4.69) is 25.7 Å². The Morgan fingerprint density at radius 3 is 2.31 bits per heavy atom. The average molecular weight is 366 g/mol. The van der Waals surface area contributed by atoms with Crippen LogP contribution in [0.5, 0.6) is 0 Å². The van der Waals surface area contributed by atoms with Crippen molar-refractivity contribution in [1.29, 1.82) is 0 Å². The number of likely N-dealkylation sites (tertiary alicyclic amines) is 1. The Morgan fingerprint density at radius 1 is 1.04 bits per heavy atom. The third-order valence-corrected chi connectivity index (χ3v) is 7.31. The van der Waals surface area contributed by atoms with Crippen LogP contribution in [0.15, 0.2) is 0 Å². The standard InChI is InChI=1S/C23H43NO2/c1-4-5-6-7-8-9-10-11-12-14-22(26)24-16-13-15-23(3)19(2)17-20(25)18-21(23)24/h19-21,25H,4-18H2,1-3H3/t19-,20+,21?,23?/m0/s1. The second-order valence-corrected chi connectivity index (χ2v) is 9.32. The van der Waals surface area contributed by atoms with E-state index in [1.165, 1.54) is 57.8 Å². The molecule has 1 amide bonds. The van der Waals surface area contributed by atoms with Gasteiger partial charge in [0.05, 0.1) is 6.10 Å². The lowest BCUT2D eigenvalue weighted by Crippen LogP contribution is -2.59. The zero-order chi connectivity index (χ0) is 19.0. The van der Waals surface area contributed by atoms with Crippen LogP contribution in [-0.4, -0.2) is 34.6 Å². The van der Waals surface area contributed by atoms with Gasteiger partial charge in [-0.15, -0.1) is 0 Å². The van der Waals surface area contributed by atoms with E-state index in [4.69, 9.17) is 0 Å². The third-order valence-electron chi connectivity index (χ3n) is 7.31. The first-order valence-corrected chi connectivity index (χ1v) is 11.5. The van der Waals surface area contributed by atoms with Crippen LogP contribution in [0.4, 0.5) is 0 Å². The van der Waals surface area contributed by atoms with E-state index in [9.17, 15) is 9.90 Å². The van der Waals surface area contributed by atoms with Crippen LogP contribution in [0, 0.1) is 11.3 Å². The van der Waals surface area contributed by atoms with Gasteiger partial charge in [0, 0.05) is 19.0 Å². The molecule has 0 aromatic carbocycles. The highest BCUT2D eigenvalue weighted by atomic mass is 16.3. The van der Waals surface area contributed by atoms with Crippen molar-refractivity contribution in [3.8, 4) is 0 Å². The van der Waals surface area contributed by atoms with Crippen molar-refractivity contribution in [2.45, 2.75) is 123 Å². The van der Waals surface area contributed by atoms with Crippen LogP contribution < -0.4 is 0 Å². The minimum atomic E-state index is -0.232. The van der Waals surface area contributed by atoms with E-state index in [1.54, 1.807) is 0 Å². The molecule has 1 saturated carbocycles. The summed E-state index contributed by atoms with van der Waals surface area (Å²) in [6, 6.07) is 0.251. The maximum absolute atomic E-state index is 12.9. The van der Waals surface area contributed by atoms with E-state index < -0.39 is 0 Å². The van der Waals surface area contributed by atoms with Crippen molar-refractivity contribution in [2.75, 3.05) is 6.54 Å². The first-order valence-electron chi connectivity index (χ1n) is 11.5. The van der Waals surface area contributed by atoms with Crippen LogP contribution in [-0.2, 0) is 4.79 Å². The van der Waals surface area contributed by atoms with Gasteiger partial charge in [-0.05, 0) is 43.4 Å². The number of piperidine rings is 1. The molecule has 2 fully saturated rings. The van der Waals surface area contributed by atoms with Crippen molar-refractivity contribution >= 4 is 5.91 Å². The lowest BCUT2D eigenvalue weighted by atomic mass is 9.60. The second kappa shape index (κ2) is 10.7. The Hall–Kier alpha value is -0.570. The SMILES string of the molecule is CCCCCCCCCCCC(=O)N1CCCC2(C)C1C[C@H](O)C[C@@H]2C. The summed E-state index contributed by atoms with van der Waals surface area (Å²) in [6.07, 6.45) is 16.1. The highest BCUT2D eigenvalue weighted by Gasteiger charge is 2.49. The number of unbranched alkanes of at least 4 members (excludes halogenated alkanes) is 8. The highest BCUT2D eigenvalue weighted by Crippen LogP contribution is 2.49. The largest absolute Gasteiger partial charge is 0.393 e. The molecule has 0 radical (unpaired) electrons. The number of rotatable bonds is 10. The molecule has 0 aromatic rings. The quantitative estimate of drug-likeness (QED) is 0.505. The smallest absolute Gasteiger partial charge is 0.222 e. The van der Waals surface area contributed by atoms with Gasteiger partial charge < -0.3 is 10.0 Å². The molecule has 26 heavy (non-hydrogen) atoms. The molecule has 0 spiro atoms. The number of amides is 1. The summed E-state index contributed by atoms with van der Waals surface area (Å²) in [5, 5.41) is 10.2. The summed E-state index contributed by atoms with van der Waals surface area (Å²) < 4.78 is 0. The molecule has 0 aromatic heterocycles. The predicted molar refractivity (Wildman–Crippen MR) is 109 cm³/mol. The minimum absolute atomic E-state index is 0.200. The Bertz CT molecular complexity index is 424. The van der Waals surface area contributed by atoms with Crippen molar-refractivity contribution < 1.29 is 9.90 Å². The Morgan fingerprint density at radius 2 is 1.65 bits per heavy atom. The van der Waals surface area contributed by atoms with E-state index in [0.717, 1.165) is 32.2 Å². The van der Waals surface area contributed by atoms with Gasteiger partial charge in [-0.25, -0.2) is 0 Å². The first kappa shape index (κ1) is 21.7. The molecule has 3 nitrogen and oxygen atoms in total. The van der Waals surface area contributed by atoms with Crippen molar-refractivity contribution in [3.05, 3.63) is 0 Å². The fourth-order valence-corrected chi connectivity index (χ4v) is 5.34. The minimum Gasteiger partial charge on any atom is -0.393 e. The molecule has 1 aliphatic carbocycles. The molecule has 4 atom stereocenters. The number of aliphatic hydroxyl groups excluding tert-OH is 1. The summed E-state index contributed by atoms with van der Waals surface area (Å²) in [7, 11) is 0. The molecular formula is C23H43NO2.